The molecule has 0 fully saturated rings. The lowest BCUT2D eigenvalue weighted by molar-refractivity contribution is 0.101. The maximum absolute atomic E-state index is 14.2. The Kier molecular flexibility index (Phi) is 7.93. The number of carbonyl (C=O) groups excluding carboxylic acids is 1. The second-order valence-corrected chi connectivity index (χ2v) is 7.23. The number of carbonyl (C=O) groups is 1. The van der Waals surface area contributed by atoms with Crippen LogP contribution in [0.2, 0.25) is 0 Å². The maximum atomic E-state index is 14.2. The summed E-state index contributed by atoms with van der Waals surface area (Å²) in [6, 6.07) is 3.90. The molecule has 3 aromatic rings. The highest BCUT2D eigenvalue weighted by molar-refractivity contribution is 6.04. The number of nitrogens with zero attached hydrogens (tertiary/aromatic N) is 4. The van der Waals surface area contributed by atoms with Crippen molar-refractivity contribution in [1.82, 2.24) is 15.0 Å². The molecule has 0 radical (unpaired) electrons. The highest BCUT2D eigenvalue weighted by Gasteiger charge is 2.23. The number of benzene rings is 1. The first-order valence-electron chi connectivity index (χ1n) is 10.7. The van der Waals surface area contributed by atoms with E-state index in [1.807, 2.05) is 20.8 Å². The summed E-state index contributed by atoms with van der Waals surface area (Å²) in [5.41, 5.74) is 1.58. The van der Waals surface area contributed by atoms with Gasteiger partial charge < -0.3 is 10.2 Å². The minimum absolute atomic E-state index is 0.0126. The van der Waals surface area contributed by atoms with E-state index in [9.17, 15) is 22.4 Å². The number of aromatic nitrogens is 3. The van der Waals surface area contributed by atoms with Gasteiger partial charge in [0.15, 0.2) is 17.5 Å². The molecule has 1 amide bonds. The van der Waals surface area contributed by atoms with E-state index in [1.165, 1.54) is 12.4 Å². The van der Waals surface area contributed by atoms with Gasteiger partial charge in [0.2, 0.25) is 0 Å². The topological polar surface area (TPSA) is 71.0 Å². The number of anilines is 2. The van der Waals surface area contributed by atoms with Gasteiger partial charge in [-0.1, -0.05) is 25.5 Å². The number of pyridine rings is 1. The quantitative estimate of drug-likeness (QED) is 0.515. The van der Waals surface area contributed by atoms with Gasteiger partial charge in [0.05, 0.1) is 24.3 Å². The number of hydrogen-bond donors (Lipinski definition) is 1. The fraction of sp³-hybridized carbons (Fsp3) is 0.250. The average Bonchev–Trinajstić information content (AvgIpc) is 2.81. The molecule has 0 aliphatic carbocycles. The standard InChI is InChI=1S/C22H17F4N5O.C2H6/c1-12-5-6-31(21-17(26)7-13(23)8-29-21)11-14(12)18-9-28-19(10-27-18)30-22(32)20-15(24)3-2-4-16(20)25;1-2/h2-4,7-10H,5-6,11H2,1H3,(H,28,30,32);1-2H3. The summed E-state index contributed by atoms with van der Waals surface area (Å²) >= 11 is 0. The van der Waals surface area contributed by atoms with Crippen LogP contribution in [-0.4, -0.2) is 33.9 Å². The maximum Gasteiger partial charge on any atom is 0.262 e. The summed E-state index contributed by atoms with van der Waals surface area (Å²) < 4.78 is 54.9. The third kappa shape index (κ3) is 5.38. The van der Waals surface area contributed by atoms with Crippen LogP contribution in [0, 0.1) is 23.3 Å². The van der Waals surface area contributed by atoms with Crippen LogP contribution in [0.15, 0.2) is 48.4 Å². The number of nitrogens with one attached hydrogen (secondary N) is 1. The number of rotatable bonds is 4. The summed E-state index contributed by atoms with van der Waals surface area (Å²) in [6.07, 6.45) is 4.24. The molecular formula is C24H23F4N5O. The van der Waals surface area contributed by atoms with Gasteiger partial charge in [-0.25, -0.2) is 27.5 Å². The number of hydrogen-bond acceptors (Lipinski definition) is 5. The molecule has 0 unspecified atom stereocenters. The summed E-state index contributed by atoms with van der Waals surface area (Å²) in [5.74, 6) is -4.42. The van der Waals surface area contributed by atoms with Gasteiger partial charge in [-0.05, 0) is 31.1 Å². The highest BCUT2D eigenvalue weighted by Crippen LogP contribution is 2.29. The zero-order valence-corrected chi connectivity index (χ0v) is 18.9. The molecule has 6 nitrogen and oxygen atoms in total. The Hall–Kier alpha value is -3.82. The van der Waals surface area contributed by atoms with E-state index in [2.05, 4.69) is 20.3 Å². The molecule has 0 bridgehead atoms. The summed E-state index contributed by atoms with van der Waals surface area (Å²) in [6.45, 7) is 6.70. The SMILES string of the molecule is CC.CC1=C(c2cnc(NC(=O)c3c(F)cccc3F)cn2)CN(c2ncc(F)cc2F)CC1. The molecule has 34 heavy (non-hydrogen) atoms. The molecule has 0 atom stereocenters. The molecule has 1 aromatic carbocycles. The van der Waals surface area contributed by atoms with Gasteiger partial charge in [-0.15, -0.1) is 0 Å². The van der Waals surface area contributed by atoms with Crippen molar-refractivity contribution in [3.05, 3.63) is 83.0 Å². The van der Waals surface area contributed by atoms with Crippen molar-refractivity contribution in [3.8, 4) is 0 Å². The molecule has 1 aliphatic rings. The van der Waals surface area contributed by atoms with Crippen LogP contribution < -0.4 is 10.2 Å². The molecule has 1 aliphatic heterocycles. The van der Waals surface area contributed by atoms with Crippen LogP contribution >= 0.6 is 0 Å². The van der Waals surface area contributed by atoms with Gasteiger partial charge in [0.25, 0.3) is 5.91 Å². The zero-order valence-electron chi connectivity index (χ0n) is 18.9. The number of amides is 1. The van der Waals surface area contributed by atoms with Crippen LogP contribution in [0.25, 0.3) is 5.57 Å². The third-order valence-corrected chi connectivity index (χ3v) is 5.10. The predicted octanol–water partition coefficient (Wildman–Crippen LogP) is 5.39. The largest absolute Gasteiger partial charge is 0.349 e. The summed E-state index contributed by atoms with van der Waals surface area (Å²) in [5, 5.41) is 2.31. The predicted molar refractivity (Wildman–Crippen MR) is 121 cm³/mol. The Bertz CT molecular complexity index is 1190. The van der Waals surface area contributed by atoms with Crippen LogP contribution in [0.1, 0.15) is 43.2 Å². The van der Waals surface area contributed by atoms with Crippen LogP contribution in [0.4, 0.5) is 29.2 Å². The first-order chi connectivity index (χ1) is 16.3. The van der Waals surface area contributed by atoms with Gasteiger partial charge in [0.1, 0.15) is 23.0 Å². The van der Waals surface area contributed by atoms with E-state index < -0.39 is 34.7 Å². The Morgan fingerprint density at radius 2 is 1.68 bits per heavy atom. The lowest BCUT2D eigenvalue weighted by Crippen LogP contribution is -2.32. The molecule has 0 saturated carbocycles. The summed E-state index contributed by atoms with van der Waals surface area (Å²) in [7, 11) is 0. The van der Waals surface area contributed by atoms with E-state index in [1.54, 1.807) is 4.90 Å². The van der Waals surface area contributed by atoms with Gasteiger partial charge in [-0.2, -0.15) is 0 Å². The molecular weight excluding hydrogens is 450 g/mol. The van der Waals surface area contributed by atoms with Crippen molar-refractivity contribution >= 4 is 23.1 Å². The monoisotopic (exact) mass is 473 g/mol. The minimum atomic E-state index is -0.989. The molecule has 10 heteroatoms. The lowest BCUT2D eigenvalue weighted by atomic mass is 9.99. The normalized spacial score (nSPS) is 13.3. The first-order valence-corrected chi connectivity index (χ1v) is 10.7. The van der Waals surface area contributed by atoms with Crippen LogP contribution in [0.5, 0.6) is 0 Å². The van der Waals surface area contributed by atoms with Crippen molar-refractivity contribution < 1.29 is 22.4 Å². The minimum Gasteiger partial charge on any atom is -0.349 e. The van der Waals surface area contributed by atoms with Crippen molar-refractivity contribution in [2.75, 3.05) is 23.3 Å². The molecule has 0 spiro atoms. The van der Waals surface area contributed by atoms with E-state index in [0.29, 0.717) is 18.7 Å². The first kappa shape index (κ1) is 24.8. The molecule has 1 N–H and O–H groups in total. The van der Waals surface area contributed by atoms with Gasteiger partial charge in [0, 0.05) is 19.2 Å². The van der Waals surface area contributed by atoms with Crippen LogP contribution in [-0.2, 0) is 0 Å². The zero-order chi connectivity index (χ0) is 24.8. The number of halogens is 4. The van der Waals surface area contributed by atoms with E-state index in [4.69, 9.17) is 0 Å². The third-order valence-electron chi connectivity index (χ3n) is 5.10. The van der Waals surface area contributed by atoms with E-state index in [0.717, 1.165) is 41.6 Å². The van der Waals surface area contributed by atoms with Crippen LogP contribution in [0.3, 0.4) is 0 Å². The Morgan fingerprint density at radius 1 is 0.971 bits per heavy atom. The van der Waals surface area contributed by atoms with Crippen molar-refractivity contribution in [1.29, 1.82) is 0 Å². The van der Waals surface area contributed by atoms with E-state index >= 15 is 0 Å². The van der Waals surface area contributed by atoms with Crippen molar-refractivity contribution in [2.45, 2.75) is 27.2 Å². The summed E-state index contributed by atoms with van der Waals surface area (Å²) in [4.78, 5) is 26.1. The fourth-order valence-corrected chi connectivity index (χ4v) is 3.42. The molecule has 178 valence electrons. The Labute approximate surface area is 194 Å². The fourth-order valence-electron chi connectivity index (χ4n) is 3.42. The Morgan fingerprint density at radius 3 is 2.29 bits per heavy atom. The van der Waals surface area contributed by atoms with E-state index in [-0.39, 0.29) is 18.2 Å². The smallest absolute Gasteiger partial charge is 0.262 e. The van der Waals surface area contributed by atoms with Gasteiger partial charge in [-0.3, -0.25) is 9.78 Å². The van der Waals surface area contributed by atoms with Crippen molar-refractivity contribution in [2.24, 2.45) is 0 Å². The molecule has 2 aromatic heterocycles. The highest BCUT2D eigenvalue weighted by atomic mass is 19.1. The van der Waals surface area contributed by atoms with Gasteiger partial charge >= 0.3 is 0 Å². The molecule has 3 heterocycles. The average molecular weight is 473 g/mol. The second kappa shape index (κ2) is 10.9. The lowest BCUT2D eigenvalue weighted by Gasteiger charge is -2.30. The molecule has 0 saturated heterocycles. The Balaban J connectivity index is 0.00000158. The van der Waals surface area contributed by atoms with Crippen molar-refractivity contribution in [3.63, 3.8) is 0 Å². The molecule has 4 rings (SSSR count). The second-order valence-electron chi connectivity index (χ2n) is 7.23.